The topological polar surface area (TPSA) is 59.8 Å². The van der Waals surface area contributed by atoms with E-state index >= 15 is 0 Å². The van der Waals surface area contributed by atoms with Crippen LogP contribution in [-0.4, -0.2) is 20.4 Å². The van der Waals surface area contributed by atoms with Gasteiger partial charge in [0.25, 0.3) is 5.91 Å². The molecular weight excluding hydrogens is 252 g/mol. The Balaban J connectivity index is 1.83. The fraction of sp³-hybridized carbons (Fsp3) is 0.133. The lowest BCUT2D eigenvalue weighted by molar-refractivity contribution is 0.0952. The third kappa shape index (κ3) is 2.25. The van der Waals surface area contributed by atoms with Crippen molar-refractivity contribution in [2.75, 3.05) is 0 Å². The third-order valence-corrected chi connectivity index (χ3v) is 3.21. The lowest BCUT2D eigenvalue weighted by Crippen LogP contribution is -2.23. The number of nitrogens with one attached hydrogen (secondary N) is 1. The van der Waals surface area contributed by atoms with Gasteiger partial charge in [-0.2, -0.15) is 0 Å². The molecule has 20 heavy (non-hydrogen) atoms. The van der Waals surface area contributed by atoms with E-state index in [-0.39, 0.29) is 5.91 Å². The molecular formula is C15H14N4O. The molecule has 0 unspecified atom stereocenters. The van der Waals surface area contributed by atoms with Crippen LogP contribution in [-0.2, 0) is 13.6 Å². The van der Waals surface area contributed by atoms with Gasteiger partial charge in [0.1, 0.15) is 6.33 Å². The summed E-state index contributed by atoms with van der Waals surface area (Å²) in [5, 5.41) is 3.83. The van der Waals surface area contributed by atoms with Crippen LogP contribution in [0.25, 0.3) is 10.9 Å². The Hall–Kier alpha value is -2.69. The van der Waals surface area contributed by atoms with Gasteiger partial charge in [0.05, 0.1) is 17.8 Å². The third-order valence-electron chi connectivity index (χ3n) is 3.21. The van der Waals surface area contributed by atoms with Crippen LogP contribution < -0.4 is 5.32 Å². The maximum absolute atomic E-state index is 12.3. The molecule has 0 aliphatic rings. The summed E-state index contributed by atoms with van der Waals surface area (Å²) < 4.78 is 1.95. The fourth-order valence-electron chi connectivity index (χ4n) is 2.21. The zero-order chi connectivity index (χ0) is 13.9. The molecule has 0 aliphatic heterocycles. The molecule has 1 aromatic carbocycles. The highest BCUT2D eigenvalue weighted by Crippen LogP contribution is 2.20. The van der Waals surface area contributed by atoms with Crippen LogP contribution in [0.15, 0.2) is 49.1 Å². The Morgan fingerprint density at radius 3 is 2.95 bits per heavy atom. The Morgan fingerprint density at radius 1 is 1.30 bits per heavy atom. The number of carbonyl (C=O) groups excluding carboxylic acids is 1. The van der Waals surface area contributed by atoms with Gasteiger partial charge in [-0.1, -0.05) is 18.2 Å². The Bertz CT molecular complexity index is 749. The maximum atomic E-state index is 12.3. The average molecular weight is 266 g/mol. The molecule has 1 amide bonds. The highest BCUT2D eigenvalue weighted by Gasteiger charge is 2.13. The summed E-state index contributed by atoms with van der Waals surface area (Å²) in [7, 11) is 1.93. The smallest absolute Gasteiger partial charge is 0.253 e. The molecule has 0 bridgehead atoms. The molecule has 0 spiro atoms. The van der Waals surface area contributed by atoms with Crippen molar-refractivity contribution in [3.8, 4) is 0 Å². The van der Waals surface area contributed by atoms with Crippen LogP contribution in [0.3, 0.4) is 0 Å². The number of hydrogen-bond acceptors (Lipinski definition) is 3. The number of para-hydroxylation sites is 1. The van der Waals surface area contributed by atoms with E-state index in [9.17, 15) is 4.79 Å². The van der Waals surface area contributed by atoms with E-state index in [4.69, 9.17) is 0 Å². The fourth-order valence-corrected chi connectivity index (χ4v) is 2.21. The number of carbonyl (C=O) groups is 1. The van der Waals surface area contributed by atoms with E-state index in [0.717, 1.165) is 16.6 Å². The van der Waals surface area contributed by atoms with E-state index in [2.05, 4.69) is 15.3 Å². The summed E-state index contributed by atoms with van der Waals surface area (Å²) in [6, 6.07) is 9.63. The zero-order valence-corrected chi connectivity index (χ0v) is 11.1. The van der Waals surface area contributed by atoms with Crippen molar-refractivity contribution in [1.82, 2.24) is 19.9 Å². The van der Waals surface area contributed by atoms with E-state index in [1.165, 1.54) is 6.33 Å². The van der Waals surface area contributed by atoms with Crippen molar-refractivity contribution in [3.05, 3.63) is 60.3 Å². The number of benzene rings is 1. The Kier molecular flexibility index (Phi) is 3.16. The second-order valence-electron chi connectivity index (χ2n) is 4.55. The molecule has 2 heterocycles. The first-order chi connectivity index (χ1) is 9.75. The van der Waals surface area contributed by atoms with Crippen molar-refractivity contribution in [1.29, 1.82) is 0 Å². The Morgan fingerprint density at radius 2 is 2.15 bits per heavy atom. The molecule has 3 aromatic rings. The minimum atomic E-state index is -0.0968. The summed E-state index contributed by atoms with van der Waals surface area (Å²) in [4.78, 5) is 20.2. The van der Waals surface area contributed by atoms with Crippen molar-refractivity contribution in [2.24, 2.45) is 7.05 Å². The van der Waals surface area contributed by atoms with Crippen molar-refractivity contribution < 1.29 is 4.79 Å². The second-order valence-corrected chi connectivity index (χ2v) is 4.55. The van der Waals surface area contributed by atoms with E-state index in [1.54, 1.807) is 12.3 Å². The summed E-state index contributed by atoms with van der Waals surface area (Å²) in [6.07, 6.45) is 4.98. The number of aryl methyl sites for hydroxylation is 1. The van der Waals surface area contributed by atoms with Gasteiger partial charge in [-0.05, 0) is 12.1 Å². The minimum Gasteiger partial charge on any atom is -0.350 e. The normalized spacial score (nSPS) is 10.7. The molecule has 100 valence electrons. The molecule has 3 rings (SSSR count). The lowest BCUT2D eigenvalue weighted by atomic mass is 10.1. The highest BCUT2D eigenvalue weighted by molar-refractivity contribution is 6.06. The monoisotopic (exact) mass is 266 g/mol. The standard InChI is InChI=1S/C15H14N4O/c1-19-9-13(12-4-2-3-5-14(12)19)15(20)17-8-11-6-7-16-10-18-11/h2-7,9-10H,8H2,1H3,(H,17,20). The second kappa shape index (κ2) is 5.13. The number of nitrogens with zero attached hydrogens (tertiary/aromatic N) is 3. The minimum absolute atomic E-state index is 0.0968. The first-order valence-electron chi connectivity index (χ1n) is 6.33. The summed E-state index contributed by atoms with van der Waals surface area (Å²) in [5.41, 5.74) is 2.51. The SMILES string of the molecule is Cn1cc(C(=O)NCc2ccncn2)c2ccccc21. The van der Waals surface area contributed by atoms with Gasteiger partial charge in [-0.25, -0.2) is 9.97 Å². The largest absolute Gasteiger partial charge is 0.350 e. The van der Waals surface area contributed by atoms with Gasteiger partial charge < -0.3 is 9.88 Å². The maximum Gasteiger partial charge on any atom is 0.253 e. The van der Waals surface area contributed by atoms with E-state index in [0.29, 0.717) is 12.1 Å². The summed E-state index contributed by atoms with van der Waals surface area (Å²) in [6.45, 7) is 0.393. The summed E-state index contributed by atoms with van der Waals surface area (Å²) >= 11 is 0. The predicted octanol–water partition coefficient (Wildman–Crippen LogP) is 1.90. The average Bonchev–Trinajstić information content (AvgIpc) is 2.84. The van der Waals surface area contributed by atoms with E-state index in [1.807, 2.05) is 42.1 Å². The molecule has 2 aromatic heterocycles. The van der Waals surface area contributed by atoms with Crippen LogP contribution >= 0.6 is 0 Å². The van der Waals surface area contributed by atoms with Gasteiger partial charge in [-0.15, -0.1) is 0 Å². The molecule has 5 nitrogen and oxygen atoms in total. The molecule has 0 radical (unpaired) electrons. The molecule has 5 heteroatoms. The van der Waals surface area contributed by atoms with Crippen molar-refractivity contribution >= 4 is 16.8 Å². The van der Waals surface area contributed by atoms with Gasteiger partial charge in [0, 0.05) is 30.3 Å². The molecule has 0 aliphatic carbocycles. The number of amides is 1. The van der Waals surface area contributed by atoms with Gasteiger partial charge in [0.15, 0.2) is 0 Å². The predicted molar refractivity (Wildman–Crippen MR) is 76.1 cm³/mol. The van der Waals surface area contributed by atoms with Crippen LogP contribution in [0.5, 0.6) is 0 Å². The van der Waals surface area contributed by atoms with Gasteiger partial charge >= 0.3 is 0 Å². The zero-order valence-electron chi connectivity index (χ0n) is 11.1. The first kappa shape index (κ1) is 12.3. The number of aromatic nitrogens is 3. The van der Waals surface area contributed by atoms with E-state index < -0.39 is 0 Å². The number of rotatable bonds is 3. The summed E-state index contributed by atoms with van der Waals surface area (Å²) in [5.74, 6) is -0.0968. The van der Waals surface area contributed by atoms with Gasteiger partial charge in [-0.3, -0.25) is 4.79 Å². The molecule has 1 N–H and O–H groups in total. The van der Waals surface area contributed by atoms with Crippen LogP contribution in [0.4, 0.5) is 0 Å². The van der Waals surface area contributed by atoms with Crippen LogP contribution in [0.1, 0.15) is 16.1 Å². The molecule has 0 saturated heterocycles. The van der Waals surface area contributed by atoms with Crippen molar-refractivity contribution in [2.45, 2.75) is 6.54 Å². The number of fused-ring (bicyclic) bond motifs is 1. The van der Waals surface area contributed by atoms with Crippen LogP contribution in [0, 0.1) is 0 Å². The van der Waals surface area contributed by atoms with Crippen LogP contribution in [0.2, 0.25) is 0 Å². The lowest BCUT2D eigenvalue weighted by Gasteiger charge is -2.03. The quantitative estimate of drug-likeness (QED) is 0.787. The molecule has 0 fully saturated rings. The Labute approximate surface area is 116 Å². The number of hydrogen-bond donors (Lipinski definition) is 1. The molecule has 0 saturated carbocycles. The first-order valence-corrected chi connectivity index (χ1v) is 6.33. The van der Waals surface area contributed by atoms with Gasteiger partial charge in [0.2, 0.25) is 0 Å². The molecule has 0 atom stereocenters. The van der Waals surface area contributed by atoms with Crippen molar-refractivity contribution in [3.63, 3.8) is 0 Å². The highest BCUT2D eigenvalue weighted by atomic mass is 16.1.